The van der Waals surface area contributed by atoms with Crippen molar-refractivity contribution in [1.29, 1.82) is 0 Å². The van der Waals surface area contributed by atoms with E-state index in [-0.39, 0.29) is 24.0 Å². The van der Waals surface area contributed by atoms with Gasteiger partial charge in [0, 0.05) is 13.1 Å². The lowest BCUT2D eigenvalue weighted by Crippen LogP contribution is -2.43. The molecular formula is C14H23IN4O. The van der Waals surface area contributed by atoms with Crippen molar-refractivity contribution in [3.8, 4) is 5.75 Å². The lowest BCUT2D eigenvalue weighted by atomic mass is 10.0. The molecule has 5 nitrogen and oxygen atoms in total. The summed E-state index contributed by atoms with van der Waals surface area (Å²) in [7, 11) is 1.63. The molecule has 20 heavy (non-hydrogen) atoms. The highest BCUT2D eigenvalue weighted by Gasteiger charge is 2.17. The topological polar surface area (TPSA) is 63.7 Å². The standard InChI is InChI=1S/C14H22N4O.HI/c1-11-4-3-7-18(10-11)14(15)17-8-12-5-6-13(19-2)9-16-12;/h5-6,9,11H,3-4,7-8,10H2,1-2H3,(H2,15,17);1H. The molecule has 0 aliphatic carbocycles. The molecule has 1 atom stereocenters. The van der Waals surface area contributed by atoms with Crippen molar-refractivity contribution >= 4 is 29.9 Å². The van der Waals surface area contributed by atoms with Gasteiger partial charge in [-0.3, -0.25) is 4.98 Å². The highest BCUT2D eigenvalue weighted by atomic mass is 127. The van der Waals surface area contributed by atoms with Crippen molar-refractivity contribution < 1.29 is 4.74 Å². The van der Waals surface area contributed by atoms with Gasteiger partial charge in [0.25, 0.3) is 0 Å². The van der Waals surface area contributed by atoms with E-state index in [0.29, 0.717) is 18.4 Å². The minimum Gasteiger partial charge on any atom is -0.495 e. The Morgan fingerprint density at radius 1 is 1.55 bits per heavy atom. The maximum Gasteiger partial charge on any atom is 0.191 e. The third-order valence-electron chi connectivity index (χ3n) is 3.42. The Bertz CT molecular complexity index is 435. The Balaban J connectivity index is 0.00000200. The number of piperidine rings is 1. The molecule has 1 fully saturated rings. The molecule has 2 N–H and O–H groups in total. The zero-order chi connectivity index (χ0) is 13.7. The number of hydrogen-bond donors (Lipinski definition) is 1. The van der Waals surface area contributed by atoms with E-state index in [1.54, 1.807) is 13.3 Å². The quantitative estimate of drug-likeness (QED) is 0.489. The number of halogens is 1. The summed E-state index contributed by atoms with van der Waals surface area (Å²) in [6, 6.07) is 3.80. The van der Waals surface area contributed by atoms with Crippen molar-refractivity contribution in [2.24, 2.45) is 16.6 Å². The molecule has 1 aliphatic rings. The molecule has 6 heteroatoms. The number of guanidine groups is 1. The van der Waals surface area contributed by atoms with Crippen LogP contribution in [0.15, 0.2) is 23.3 Å². The van der Waals surface area contributed by atoms with Crippen LogP contribution in [0, 0.1) is 5.92 Å². The third-order valence-corrected chi connectivity index (χ3v) is 3.42. The molecule has 1 aromatic rings. The zero-order valence-corrected chi connectivity index (χ0v) is 14.4. The summed E-state index contributed by atoms with van der Waals surface area (Å²) in [5.41, 5.74) is 6.94. The fourth-order valence-corrected chi connectivity index (χ4v) is 2.28. The van der Waals surface area contributed by atoms with Crippen LogP contribution in [-0.4, -0.2) is 36.0 Å². The largest absolute Gasteiger partial charge is 0.495 e. The molecular weight excluding hydrogens is 367 g/mol. The number of rotatable bonds is 3. The first-order valence-electron chi connectivity index (χ1n) is 6.73. The van der Waals surface area contributed by atoms with E-state index >= 15 is 0 Å². The van der Waals surface area contributed by atoms with Crippen LogP contribution in [0.2, 0.25) is 0 Å². The zero-order valence-electron chi connectivity index (χ0n) is 12.1. The highest BCUT2D eigenvalue weighted by Crippen LogP contribution is 2.15. The van der Waals surface area contributed by atoms with E-state index in [4.69, 9.17) is 10.5 Å². The Morgan fingerprint density at radius 3 is 2.95 bits per heavy atom. The van der Waals surface area contributed by atoms with Gasteiger partial charge in [-0.1, -0.05) is 6.92 Å². The van der Waals surface area contributed by atoms with E-state index < -0.39 is 0 Å². The summed E-state index contributed by atoms with van der Waals surface area (Å²) in [4.78, 5) is 10.9. The minimum atomic E-state index is 0. The van der Waals surface area contributed by atoms with E-state index in [1.165, 1.54) is 12.8 Å². The summed E-state index contributed by atoms with van der Waals surface area (Å²) < 4.78 is 5.07. The van der Waals surface area contributed by atoms with Crippen LogP contribution in [0.1, 0.15) is 25.5 Å². The SMILES string of the molecule is COc1ccc(CN=C(N)N2CCCC(C)C2)nc1.I. The van der Waals surface area contributed by atoms with Gasteiger partial charge in [-0.05, 0) is 30.9 Å². The van der Waals surface area contributed by atoms with Gasteiger partial charge in [0.05, 0.1) is 25.5 Å². The molecule has 1 saturated heterocycles. The van der Waals surface area contributed by atoms with Crippen molar-refractivity contribution in [2.45, 2.75) is 26.3 Å². The molecule has 2 rings (SSSR count). The van der Waals surface area contributed by atoms with Crippen molar-refractivity contribution in [3.63, 3.8) is 0 Å². The normalized spacial score (nSPS) is 19.4. The van der Waals surface area contributed by atoms with Gasteiger partial charge in [-0.25, -0.2) is 4.99 Å². The maximum absolute atomic E-state index is 6.04. The average Bonchev–Trinajstić information content (AvgIpc) is 2.45. The second-order valence-electron chi connectivity index (χ2n) is 5.06. The van der Waals surface area contributed by atoms with Crippen molar-refractivity contribution in [1.82, 2.24) is 9.88 Å². The second-order valence-corrected chi connectivity index (χ2v) is 5.06. The molecule has 0 radical (unpaired) electrons. The first-order chi connectivity index (χ1) is 9.19. The lowest BCUT2D eigenvalue weighted by molar-refractivity contribution is 0.270. The first kappa shape index (κ1) is 17.0. The van der Waals surface area contributed by atoms with Crippen LogP contribution in [0.4, 0.5) is 0 Å². The lowest BCUT2D eigenvalue weighted by Gasteiger charge is -2.31. The summed E-state index contributed by atoms with van der Waals surface area (Å²) in [5.74, 6) is 2.08. The molecule has 1 aromatic heterocycles. The van der Waals surface area contributed by atoms with Crippen LogP contribution in [0.3, 0.4) is 0 Å². The maximum atomic E-state index is 6.04. The Kier molecular flexibility index (Phi) is 7.04. The smallest absolute Gasteiger partial charge is 0.191 e. The van der Waals surface area contributed by atoms with Crippen LogP contribution < -0.4 is 10.5 Å². The monoisotopic (exact) mass is 390 g/mol. The van der Waals surface area contributed by atoms with Gasteiger partial charge in [0.2, 0.25) is 0 Å². The number of likely N-dealkylation sites (tertiary alicyclic amines) is 1. The van der Waals surface area contributed by atoms with Gasteiger partial charge in [-0.15, -0.1) is 24.0 Å². The van der Waals surface area contributed by atoms with Crippen LogP contribution in [-0.2, 0) is 6.54 Å². The second kappa shape index (κ2) is 8.28. The van der Waals surface area contributed by atoms with E-state index in [1.807, 2.05) is 12.1 Å². The minimum absolute atomic E-state index is 0. The molecule has 0 aromatic carbocycles. The molecule has 0 amide bonds. The number of nitrogens with zero attached hydrogens (tertiary/aromatic N) is 3. The van der Waals surface area contributed by atoms with Gasteiger partial charge < -0.3 is 15.4 Å². The molecule has 112 valence electrons. The van der Waals surface area contributed by atoms with Crippen molar-refractivity contribution in [2.75, 3.05) is 20.2 Å². The van der Waals surface area contributed by atoms with E-state index in [9.17, 15) is 0 Å². The van der Waals surface area contributed by atoms with Crippen LogP contribution in [0.5, 0.6) is 5.75 Å². The van der Waals surface area contributed by atoms with Crippen molar-refractivity contribution in [3.05, 3.63) is 24.0 Å². The molecule has 2 heterocycles. The number of aliphatic imine (C=N–C) groups is 1. The summed E-state index contributed by atoms with van der Waals surface area (Å²) in [6.07, 6.45) is 4.17. The fraction of sp³-hybridized carbons (Fsp3) is 0.571. The predicted octanol–water partition coefficient (Wildman–Crippen LogP) is 2.25. The average molecular weight is 390 g/mol. The highest BCUT2D eigenvalue weighted by molar-refractivity contribution is 14.0. The van der Waals surface area contributed by atoms with E-state index in [0.717, 1.165) is 24.5 Å². The Hall–Kier alpha value is -1.05. The molecule has 0 saturated carbocycles. The van der Waals surface area contributed by atoms with Gasteiger partial charge >= 0.3 is 0 Å². The molecule has 1 unspecified atom stereocenters. The molecule has 0 spiro atoms. The van der Waals surface area contributed by atoms with E-state index in [2.05, 4.69) is 21.8 Å². The summed E-state index contributed by atoms with van der Waals surface area (Å²) >= 11 is 0. The summed E-state index contributed by atoms with van der Waals surface area (Å²) in [6.45, 7) is 4.78. The number of hydrogen-bond acceptors (Lipinski definition) is 3. The fourth-order valence-electron chi connectivity index (χ4n) is 2.28. The molecule has 1 aliphatic heterocycles. The van der Waals surface area contributed by atoms with Gasteiger partial charge in [0.15, 0.2) is 5.96 Å². The number of aromatic nitrogens is 1. The Morgan fingerprint density at radius 2 is 2.35 bits per heavy atom. The number of nitrogens with two attached hydrogens (primary N) is 1. The predicted molar refractivity (Wildman–Crippen MR) is 91.5 cm³/mol. The number of pyridine rings is 1. The Labute approximate surface area is 137 Å². The first-order valence-corrected chi connectivity index (χ1v) is 6.73. The number of ether oxygens (including phenoxy) is 1. The van der Waals surface area contributed by atoms with Gasteiger partial charge in [-0.2, -0.15) is 0 Å². The number of methoxy groups -OCH3 is 1. The van der Waals surface area contributed by atoms with Crippen LogP contribution >= 0.6 is 24.0 Å². The third kappa shape index (κ3) is 4.81. The molecule has 0 bridgehead atoms. The van der Waals surface area contributed by atoms with Crippen LogP contribution in [0.25, 0.3) is 0 Å². The van der Waals surface area contributed by atoms with Gasteiger partial charge in [0.1, 0.15) is 5.75 Å². The summed E-state index contributed by atoms with van der Waals surface area (Å²) in [5, 5.41) is 0.